The molecule has 0 unspecified atom stereocenters. The molecule has 1 aliphatic rings. The summed E-state index contributed by atoms with van der Waals surface area (Å²) in [5.41, 5.74) is -0.400. The monoisotopic (exact) mass is 368 g/mol. The molecular weight excluding hydrogens is 332 g/mol. The highest BCUT2D eigenvalue weighted by atomic mass is 16.2. The molecule has 0 bridgehead atoms. The lowest BCUT2D eigenvalue weighted by Gasteiger charge is -2.35. The van der Waals surface area contributed by atoms with Gasteiger partial charge in [0.2, 0.25) is 17.7 Å². The molecule has 1 fully saturated rings. The van der Waals surface area contributed by atoms with Crippen LogP contribution < -0.4 is 5.32 Å². The summed E-state index contributed by atoms with van der Waals surface area (Å²) < 4.78 is 0. The van der Waals surface area contributed by atoms with Gasteiger partial charge in [-0.15, -0.1) is 0 Å². The zero-order chi connectivity index (χ0) is 19.7. The summed E-state index contributed by atoms with van der Waals surface area (Å²) in [4.78, 5) is 42.1. The first kappa shape index (κ1) is 22.4. The molecular formula is C19H36N4O3. The van der Waals surface area contributed by atoms with Gasteiger partial charge in [-0.3, -0.25) is 19.3 Å². The van der Waals surface area contributed by atoms with Crippen LogP contribution in [-0.4, -0.2) is 84.8 Å². The molecule has 3 amide bonds. The topological polar surface area (TPSA) is 73.0 Å². The fraction of sp³-hybridized carbons (Fsp3) is 0.842. The van der Waals surface area contributed by atoms with Crippen LogP contribution in [0, 0.1) is 5.41 Å². The number of hydrogen-bond acceptors (Lipinski definition) is 4. The van der Waals surface area contributed by atoms with Crippen LogP contribution in [0.1, 0.15) is 47.5 Å². The second-order valence-electron chi connectivity index (χ2n) is 7.83. The molecule has 0 aromatic rings. The van der Waals surface area contributed by atoms with Crippen molar-refractivity contribution >= 4 is 17.7 Å². The summed E-state index contributed by atoms with van der Waals surface area (Å²) in [6, 6.07) is 0. The molecule has 0 radical (unpaired) electrons. The number of likely N-dealkylation sites (N-methyl/N-ethyl adjacent to an activating group) is 1. The molecule has 0 saturated carbocycles. The Kier molecular flexibility index (Phi) is 9.05. The van der Waals surface area contributed by atoms with Crippen LogP contribution in [-0.2, 0) is 14.4 Å². The molecule has 26 heavy (non-hydrogen) atoms. The van der Waals surface area contributed by atoms with E-state index in [2.05, 4.69) is 10.2 Å². The Bertz CT molecular complexity index is 476. The minimum atomic E-state index is -0.400. The number of rotatable bonds is 8. The summed E-state index contributed by atoms with van der Waals surface area (Å²) in [5.74, 6) is 0.297. The fourth-order valence-electron chi connectivity index (χ4n) is 2.89. The van der Waals surface area contributed by atoms with Crippen molar-refractivity contribution in [1.82, 2.24) is 20.0 Å². The Morgan fingerprint density at radius 1 is 1.00 bits per heavy atom. The molecule has 1 saturated heterocycles. The molecule has 1 heterocycles. The molecule has 0 aromatic carbocycles. The SMILES string of the molecule is CCN(CC)C(=O)CN1CCN(C(=O)CCCNC(=O)C(C)(C)C)CC1. The fourth-order valence-corrected chi connectivity index (χ4v) is 2.89. The van der Waals surface area contributed by atoms with E-state index in [4.69, 9.17) is 0 Å². The van der Waals surface area contributed by atoms with Crippen molar-refractivity contribution in [2.24, 2.45) is 5.41 Å². The third-order valence-corrected chi connectivity index (χ3v) is 4.73. The second-order valence-corrected chi connectivity index (χ2v) is 7.83. The summed E-state index contributed by atoms with van der Waals surface area (Å²) in [6.07, 6.45) is 1.10. The normalized spacial score (nSPS) is 15.7. The van der Waals surface area contributed by atoms with Gasteiger partial charge in [0, 0.05) is 57.6 Å². The molecule has 150 valence electrons. The maximum absolute atomic E-state index is 12.3. The van der Waals surface area contributed by atoms with Gasteiger partial charge in [-0.2, -0.15) is 0 Å². The number of piperazine rings is 1. The highest BCUT2D eigenvalue weighted by molar-refractivity contribution is 5.81. The lowest BCUT2D eigenvalue weighted by Crippen LogP contribution is -2.51. The standard InChI is InChI=1S/C19H36N4O3/c1-6-22(7-2)17(25)15-21-11-13-23(14-12-21)16(24)9-8-10-20-18(26)19(3,4)5/h6-15H2,1-5H3,(H,20,26). The first-order valence-corrected chi connectivity index (χ1v) is 9.75. The lowest BCUT2D eigenvalue weighted by molar-refractivity contribution is -0.135. The lowest BCUT2D eigenvalue weighted by atomic mass is 9.96. The largest absolute Gasteiger partial charge is 0.356 e. The van der Waals surface area contributed by atoms with Crippen LogP contribution in [0.15, 0.2) is 0 Å². The third-order valence-electron chi connectivity index (χ3n) is 4.73. The average Bonchev–Trinajstić information content (AvgIpc) is 2.59. The number of carbonyl (C=O) groups excluding carboxylic acids is 3. The average molecular weight is 369 g/mol. The van der Waals surface area contributed by atoms with E-state index in [9.17, 15) is 14.4 Å². The van der Waals surface area contributed by atoms with Gasteiger partial charge in [0.15, 0.2) is 0 Å². The van der Waals surface area contributed by atoms with Crippen LogP contribution in [0.2, 0.25) is 0 Å². The molecule has 1 rings (SSSR count). The number of carbonyl (C=O) groups is 3. The quantitative estimate of drug-likeness (QED) is 0.647. The van der Waals surface area contributed by atoms with E-state index in [0.717, 1.165) is 26.2 Å². The van der Waals surface area contributed by atoms with E-state index in [0.29, 0.717) is 39.0 Å². The molecule has 0 spiro atoms. The van der Waals surface area contributed by atoms with Crippen molar-refractivity contribution in [3.63, 3.8) is 0 Å². The Morgan fingerprint density at radius 3 is 2.08 bits per heavy atom. The summed E-state index contributed by atoms with van der Waals surface area (Å²) in [7, 11) is 0. The van der Waals surface area contributed by atoms with Crippen LogP contribution in [0.5, 0.6) is 0 Å². The molecule has 1 aliphatic heterocycles. The number of nitrogens with one attached hydrogen (secondary N) is 1. The van der Waals surface area contributed by atoms with Gasteiger partial charge < -0.3 is 15.1 Å². The van der Waals surface area contributed by atoms with E-state index in [1.54, 1.807) is 0 Å². The predicted octanol–water partition coefficient (Wildman–Crippen LogP) is 0.942. The number of amides is 3. The van der Waals surface area contributed by atoms with E-state index in [1.165, 1.54) is 0 Å². The molecule has 7 nitrogen and oxygen atoms in total. The van der Waals surface area contributed by atoms with Gasteiger partial charge in [0.25, 0.3) is 0 Å². The molecule has 0 atom stereocenters. The third kappa shape index (κ3) is 7.32. The highest BCUT2D eigenvalue weighted by Crippen LogP contribution is 2.12. The van der Waals surface area contributed by atoms with Gasteiger partial charge in [0.1, 0.15) is 0 Å². The van der Waals surface area contributed by atoms with Crippen molar-refractivity contribution in [1.29, 1.82) is 0 Å². The number of nitrogens with zero attached hydrogens (tertiary/aromatic N) is 3. The minimum Gasteiger partial charge on any atom is -0.356 e. The first-order chi connectivity index (χ1) is 12.2. The molecule has 7 heteroatoms. The van der Waals surface area contributed by atoms with Gasteiger partial charge in [-0.1, -0.05) is 20.8 Å². The second kappa shape index (κ2) is 10.5. The Hall–Kier alpha value is -1.63. The van der Waals surface area contributed by atoms with Gasteiger partial charge in [-0.25, -0.2) is 0 Å². The van der Waals surface area contributed by atoms with E-state index in [-0.39, 0.29) is 17.7 Å². The zero-order valence-corrected chi connectivity index (χ0v) is 17.1. The van der Waals surface area contributed by atoms with E-state index < -0.39 is 5.41 Å². The van der Waals surface area contributed by atoms with Crippen molar-refractivity contribution in [3.8, 4) is 0 Å². The first-order valence-electron chi connectivity index (χ1n) is 9.75. The van der Waals surface area contributed by atoms with Crippen molar-refractivity contribution in [2.75, 3.05) is 52.4 Å². The van der Waals surface area contributed by atoms with Crippen LogP contribution in [0.3, 0.4) is 0 Å². The zero-order valence-electron chi connectivity index (χ0n) is 17.1. The number of hydrogen-bond donors (Lipinski definition) is 1. The molecule has 0 aromatic heterocycles. The smallest absolute Gasteiger partial charge is 0.236 e. The highest BCUT2D eigenvalue weighted by Gasteiger charge is 2.24. The molecule has 1 N–H and O–H groups in total. The van der Waals surface area contributed by atoms with Crippen LogP contribution >= 0.6 is 0 Å². The maximum atomic E-state index is 12.3. The van der Waals surface area contributed by atoms with Gasteiger partial charge in [0.05, 0.1) is 6.54 Å². The Morgan fingerprint density at radius 2 is 1.58 bits per heavy atom. The van der Waals surface area contributed by atoms with Crippen molar-refractivity contribution in [3.05, 3.63) is 0 Å². The van der Waals surface area contributed by atoms with Gasteiger partial charge >= 0.3 is 0 Å². The maximum Gasteiger partial charge on any atom is 0.236 e. The van der Waals surface area contributed by atoms with E-state index in [1.807, 2.05) is 44.4 Å². The summed E-state index contributed by atoms with van der Waals surface area (Å²) >= 11 is 0. The van der Waals surface area contributed by atoms with E-state index >= 15 is 0 Å². The van der Waals surface area contributed by atoms with Crippen molar-refractivity contribution in [2.45, 2.75) is 47.5 Å². The van der Waals surface area contributed by atoms with Crippen LogP contribution in [0.25, 0.3) is 0 Å². The Balaban J connectivity index is 2.25. The van der Waals surface area contributed by atoms with Crippen LogP contribution in [0.4, 0.5) is 0 Å². The van der Waals surface area contributed by atoms with Crippen molar-refractivity contribution < 1.29 is 14.4 Å². The predicted molar refractivity (Wildman–Crippen MR) is 103 cm³/mol. The Labute approximate surface area is 158 Å². The minimum absolute atomic E-state index is 0.0106. The summed E-state index contributed by atoms with van der Waals surface area (Å²) in [6.45, 7) is 14.8. The molecule has 0 aliphatic carbocycles. The summed E-state index contributed by atoms with van der Waals surface area (Å²) in [5, 5.41) is 2.87. The van der Waals surface area contributed by atoms with Gasteiger partial charge in [-0.05, 0) is 20.3 Å².